The van der Waals surface area contributed by atoms with Crippen molar-refractivity contribution in [3.63, 3.8) is 0 Å². The fraction of sp³-hybridized carbons (Fsp3) is 0.204. The van der Waals surface area contributed by atoms with Gasteiger partial charge in [-0.2, -0.15) is 0 Å². The van der Waals surface area contributed by atoms with Gasteiger partial charge in [-0.05, 0) is 37.3 Å². The molecule has 5 aromatic carbocycles. The van der Waals surface area contributed by atoms with E-state index >= 15 is 0 Å². The fourth-order valence-corrected chi connectivity index (χ4v) is 12.1. The van der Waals surface area contributed by atoms with E-state index in [1.165, 1.54) is 33.5 Å². The second-order valence-electron chi connectivity index (χ2n) is 17.7. The molecule has 2 aliphatic heterocycles. The molecule has 16 nitrogen and oxygen atoms in total. The minimum absolute atomic E-state index is 0.00177. The number of benzene rings is 5. The smallest absolute Gasteiger partial charge is 0.413 e. The number of rotatable bonds is 19. The van der Waals surface area contributed by atoms with Crippen molar-refractivity contribution in [2.24, 2.45) is 10.9 Å². The van der Waals surface area contributed by atoms with Gasteiger partial charge in [-0.3, -0.25) is 24.6 Å². The molecule has 4 N–H and O–H groups in total. The quantitative estimate of drug-likeness (QED) is 0.0228. The second kappa shape index (κ2) is 23.1. The van der Waals surface area contributed by atoms with E-state index in [2.05, 4.69) is 20.8 Å². The summed E-state index contributed by atoms with van der Waals surface area (Å²) >= 11 is 3.28. The van der Waals surface area contributed by atoms with Crippen LogP contribution in [0.2, 0.25) is 0 Å². The maximum Gasteiger partial charge on any atom is 0.413 e. The first-order valence-corrected chi connectivity index (χ1v) is 27.6. The Hall–Kier alpha value is -7.52. The maximum absolute atomic E-state index is 14.9. The van der Waals surface area contributed by atoms with Crippen LogP contribution in [0.15, 0.2) is 184 Å². The van der Waals surface area contributed by atoms with Crippen molar-refractivity contribution in [3.8, 4) is 0 Å². The largest absolute Gasteiger partial charge is 0.448 e. The molecule has 1 saturated heterocycles. The molecule has 8 rings (SSSR count). The third-order valence-electron chi connectivity index (χ3n) is 11.2. The second-order valence-corrected chi connectivity index (χ2v) is 22.8. The third kappa shape index (κ3) is 12.4. The van der Waals surface area contributed by atoms with Gasteiger partial charge >= 0.3 is 12.1 Å². The first-order valence-electron chi connectivity index (χ1n) is 23.0. The van der Waals surface area contributed by atoms with E-state index in [0.717, 1.165) is 23.1 Å². The SMILES string of the molecule is CC(C)(C)OC(=O)Nc1nc(/C(=N/OC(c2ccccc2)(c2ccccc2)c2ccccc2)C(=O)NC2C(=O)N3C(C(=O)OC(c4ccccc4)c4ccccc4)=C(S/C=C\CS(=O)(=O)CC(N)=O)CS[C@H]23)cs1. The monoisotopic (exact) mass is 1070 g/mol. The number of fused-ring (bicyclic) bond motifs is 1. The highest BCUT2D eigenvalue weighted by Crippen LogP contribution is 2.45. The molecule has 2 aliphatic rings. The van der Waals surface area contributed by atoms with Crippen molar-refractivity contribution in [3.05, 3.63) is 213 Å². The molecule has 74 heavy (non-hydrogen) atoms. The average Bonchev–Trinajstić information content (AvgIpc) is 3.85. The van der Waals surface area contributed by atoms with Gasteiger partial charge in [0.25, 0.3) is 11.8 Å². The minimum atomic E-state index is -3.86. The lowest BCUT2D eigenvalue weighted by Gasteiger charge is -2.49. The van der Waals surface area contributed by atoms with Crippen molar-refractivity contribution in [2.75, 3.05) is 22.6 Å². The van der Waals surface area contributed by atoms with Crippen LogP contribution in [0.25, 0.3) is 0 Å². The van der Waals surface area contributed by atoms with Crippen LogP contribution in [-0.4, -0.2) is 88.1 Å². The molecule has 2 atom stereocenters. The van der Waals surface area contributed by atoms with Crippen LogP contribution >= 0.6 is 34.9 Å². The predicted octanol–water partition coefficient (Wildman–Crippen LogP) is 8.29. The van der Waals surface area contributed by atoms with Gasteiger partial charge in [0, 0.05) is 32.7 Å². The summed E-state index contributed by atoms with van der Waals surface area (Å²) in [6.07, 6.45) is -0.337. The first kappa shape index (κ1) is 52.8. The number of nitrogens with two attached hydrogens (primary N) is 1. The van der Waals surface area contributed by atoms with Gasteiger partial charge in [0.15, 0.2) is 26.8 Å². The highest BCUT2D eigenvalue weighted by atomic mass is 32.2. The lowest BCUT2D eigenvalue weighted by molar-refractivity contribution is -0.154. The van der Waals surface area contributed by atoms with Gasteiger partial charge in [-0.25, -0.2) is 23.0 Å². The normalized spacial score (nSPS) is 16.0. The first-order chi connectivity index (χ1) is 35.5. The molecule has 6 aromatic rings. The van der Waals surface area contributed by atoms with E-state index in [-0.39, 0.29) is 28.0 Å². The number of amides is 4. The molecular weight excluding hydrogens is 1020 g/mol. The summed E-state index contributed by atoms with van der Waals surface area (Å²) in [6, 6.07) is 45.1. The number of hydrogen-bond donors (Lipinski definition) is 3. The number of carbonyl (C=O) groups excluding carboxylic acids is 5. The molecule has 1 unspecified atom stereocenters. The van der Waals surface area contributed by atoms with Crippen molar-refractivity contribution < 1.29 is 46.7 Å². The molecular formula is C54H50N6O10S4. The van der Waals surface area contributed by atoms with Crippen molar-refractivity contribution in [1.29, 1.82) is 0 Å². The van der Waals surface area contributed by atoms with Crippen LogP contribution in [0.3, 0.4) is 0 Å². The van der Waals surface area contributed by atoms with Gasteiger partial charge in [0.05, 0.1) is 5.75 Å². The number of oxime groups is 1. The Balaban J connectivity index is 1.15. The molecule has 0 radical (unpaired) electrons. The molecule has 0 saturated carbocycles. The Morgan fingerprint density at radius 3 is 1.88 bits per heavy atom. The zero-order valence-electron chi connectivity index (χ0n) is 40.2. The highest BCUT2D eigenvalue weighted by Gasteiger charge is 2.55. The van der Waals surface area contributed by atoms with Gasteiger partial charge in [0.1, 0.15) is 34.2 Å². The van der Waals surface area contributed by atoms with Crippen LogP contribution in [0.5, 0.6) is 0 Å². The van der Waals surface area contributed by atoms with E-state index in [4.69, 9.17) is 20.0 Å². The summed E-state index contributed by atoms with van der Waals surface area (Å²) in [5, 5.41) is 12.3. The number of ether oxygens (including phenoxy) is 2. The van der Waals surface area contributed by atoms with Crippen molar-refractivity contribution >= 4 is 85.3 Å². The summed E-state index contributed by atoms with van der Waals surface area (Å²) in [6.45, 7) is 5.15. The molecule has 20 heteroatoms. The molecule has 4 amide bonds. The van der Waals surface area contributed by atoms with E-state index in [9.17, 15) is 32.4 Å². The summed E-state index contributed by atoms with van der Waals surface area (Å²) in [5.74, 6) is -4.54. The lowest BCUT2D eigenvalue weighted by Crippen LogP contribution is -2.71. The number of thioether (sulfide) groups is 2. The number of anilines is 1. The number of sulfone groups is 1. The average molecular weight is 1070 g/mol. The molecule has 3 heterocycles. The lowest BCUT2D eigenvalue weighted by atomic mass is 9.80. The Morgan fingerprint density at radius 1 is 0.838 bits per heavy atom. The Bertz CT molecular complexity index is 3070. The predicted molar refractivity (Wildman–Crippen MR) is 286 cm³/mol. The van der Waals surface area contributed by atoms with Crippen LogP contribution < -0.4 is 16.4 Å². The van der Waals surface area contributed by atoms with E-state index in [1.54, 1.807) is 20.8 Å². The number of nitrogens with zero attached hydrogens (tertiary/aromatic N) is 3. The van der Waals surface area contributed by atoms with Gasteiger partial charge in [-0.15, -0.1) is 23.1 Å². The molecule has 0 bridgehead atoms. The third-order valence-corrected chi connectivity index (χ3v) is 15.8. The zero-order chi connectivity index (χ0) is 52.5. The standard InChI is InChI=1S/C54H50N6O10S4/c1-53(2,3)69-52(65)58-51-56-40(32-73-51)43(59-70-54(37-24-13-6-14-25-37,38-26-15-7-16-27-38)39-28-17-8-18-29-39)47(62)57-44-48(63)60-45(41(33-72-49(44)60)71-30-19-31-74(66,67)34-42(55)61)50(64)68-46(35-20-9-4-10-21-35)36-22-11-5-12-23-36/h4-30,32,44,46,49H,31,33-34H2,1-3H3,(H2,55,61)(H,57,62)(H,56,58,65)/b30-19-,59-43-/t44?,49-/m1/s1. The number of thiazole rings is 1. The summed E-state index contributed by atoms with van der Waals surface area (Å²) < 4.78 is 36.6. The fourth-order valence-electron chi connectivity index (χ4n) is 8.05. The van der Waals surface area contributed by atoms with Crippen molar-refractivity contribution in [1.82, 2.24) is 15.2 Å². The van der Waals surface area contributed by atoms with Crippen LogP contribution in [0.4, 0.5) is 9.93 Å². The maximum atomic E-state index is 14.9. The van der Waals surface area contributed by atoms with Crippen molar-refractivity contribution in [2.45, 2.75) is 49.5 Å². The highest BCUT2D eigenvalue weighted by molar-refractivity contribution is 8.08. The van der Waals surface area contributed by atoms with E-state index < -0.39 is 79.8 Å². The van der Waals surface area contributed by atoms with Crippen LogP contribution in [0.1, 0.15) is 60.4 Å². The van der Waals surface area contributed by atoms with Gasteiger partial charge in [-0.1, -0.05) is 175 Å². The number of β-lactam (4-membered cyclic amide) rings is 1. The molecule has 1 fully saturated rings. The number of esters is 1. The zero-order valence-corrected chi connectivity index (χ0v) is 43.4. The molecule has 0 spiro atoms. The summed E-state index contributed by atoms with van der Waals surface area (Å²) in [5.41, 5.74) is 5.83. The van der Waals surface area contributed by atoms with E-state index in [1.807, 2.05) is 152 Å². The van der Waals surface area contributed by atoms with Gasteiger partial charge in [0.2, 0.25) is 11.5 Å². The summed E-state index contributed by atoms with van der Waals surface area (Å²) in [7, 11) is -3.86. The minimum Gasteiger partial charge on any atom is -0.448 e. The summed E-state index contributed by atoms with van der Waals surface area (Å²) in [4.78, 5) is 81.4. The number of carbonyl (C=O) groups is 5. The Morgan fingerprint density at radius 2 is 1.36 bits per heavy atom. The van der Waals surface area contributed by atoms with Crippen LogP contribution in [-0.2, 0) is 48.9 Å². The van der Waals surface area contributed by atoms with Crippen LogP contribution in [0, 0.1) is 0 Å². The van der Waals surface area contributed by atoms with E-state index in [0.29, 0.717) is 32.7 Å². The molecule has 0 aliphatic carbocycles. The Labute approximate surface area is 440 Å². The number of aromatic nitrogens is 1. The molecule has 380 valence electrons. The number of hydrogen-bond acceptors (Lipinski definition) is 15. The molecule has 1 aromatic heterocycles. The topological polar surface area (TPSA) is 226 Å². The number of primary amides is 1. The number of nitrogens with one attached hydrogen (secondary N) is 2. The Kier molecular flexibility index (Phi) is 16.5. The van der Waals surface area contributed by atoms with Gasteiger partial charge < -0.3 is 25.4 Å².